The molecule has 3 aromatic rings. The Morgan fingerprint density at radius 1 is 0.808 bits per heavy atom. The van der Waals surface area contributed by atoms with Crippen LogP contribution in [-0.2, 0) is 23.7 Å². The first-order valence-corrected chi connectivity index (χ1v) is 18.4. The van der Waals surface area contributed by atoms with Crippen LogP contribution in [0.3, 0.4) is 0 Å². The van der Waals surface area contributed by atoms with Crippen LogP contribution in [0.25, 0.3) is 0 Å². The highest BCUT2D eigenvalue weighted by atomic mass is 79.9. The molecule has 1 aliphatic rings. The lowest BCUT2D eigenvalue weighted by molar-refractivity contribution is -0.141. The number of aliphatic hydroxyl groups is 1. The summed E-state index contributed by atoms with van der Waals surface area (Å²) in [5.41, 5.74) is -0.819. The standard InChI is InChI=1S/C40H35Br3O9/c1-40(48,24-23-33-9-7-10-36(44)50-33)35(52-39(47)29-15-21-32(43)22-16-29)26-34(51-38(46)28-13-19-31(42)20-14-28)8-5-3-2-4-6-25-49-37(45)27-11-17-30(41)18-12-27/h2-8,10-24,33-35,48H,9,25-26H2,1H3/b3-2+,6-4+,8-5+,24-23+. The molecule has 0 radical (unpaired) electrons. The largest absolute Gasteiger partial charge is 0.458 e. The molecule has 12 heteroatoms. The van der Waals surface area contributed by atoms with E-state index in [0.717, 1.165) is 13.4 Å². The number of hydrogen-bond donors (Lipinski definition) is 1. The number of esters is 4. The number of carbonyl (C=O) groups excluding carboxylic acids is 4. The van der Waals surface area contributed by atoms with Gasteiger partial charge in [0.15, 0.2) is 0 Å². The molecule has 0 fully saturated rings. The maximum absolute atomic E-state index is 13.3. The first-order valence-electron chi connectivity index (χ1n) is 16.0. The van der Waals surface area contributed by atoms with E-state index in [1.807, 2.05) is 0 Å². The Morgan fingerprint density at radius 2 is 1.33 bits per heavy atom. The lowest BCUT2D eigenvalue weighted by atomic mass is 9.92. The van der Waals surface area contributed by atoms with Crippen LogP contribution < -0.4 is 0 Å². The van der Waals surface area contributed by atoms with Crippen LogP contribution in [0.5, 0.6) is 0 Å². The average Bonchev–Trinajstić information content (AvgIpc) is 3.12. The summed E-state index contributed by atoms with van der Waals surface area (Å²) in [5, 5.41) is 11.7. The SMILES string of the molecule is CC(O)(/C=C/C1CC=CC(=O)O1)C(CC(/C=C/C=C/C=C/COC(=O)c1ccc(Br)cc1)OC(=O)c1ccc(Br)cc1)OC(=O)c1ccc(Br)cc1. The summed E-state index contributed by atoms with van der Waals surface area (Å²) >= 11 is 10.0. The summed E-state index contributed by atoms with van der Waals surface area (Å²) < 4.78 is 24.7. The Morgan fingerprint density at radius 3 is 1.88 bits per heavy atom. The molecule has 0 aromatic heterocycles. The molecule has 270 valence electrons. The van der Waals surface area contributed by atoms with E-state index in [-0.39, 0.29) is 18.6 Å². The zero-order chi connectivity index (χ0) is 37.5. The van der Waals surface area contributed by atoms with Crippen molar-refractivity contribution in [1.82, 2.24) is 0 Å². The van der Waals surface area contributed by atoms with E-state index in [4.69, 9.17) is 18.9 Å². The van der Waals surface area contributed by atoms with Gasteiger partial charge >= 0.3 is 23.9 Å². The minimum absolute atomic E-state index is 0.0563. The van der Waals surface area contributed by atoms with Gasteiger partial charge in [-0.15, -0.1) is 0 Å². The molecule has 0 saturated heterocycles. The minimum atomic E-state index is -1.79. The number of rotatable bonds is 15. The van der Waals surface area contributed by atoms with E-state index in [2.05, 4.69) is 47.8 Å². The number of benzene rings is 3. The van der Waals surface area contributed by atoms with Gasteiger partial charge in [0.2, 0.25) is 0 Å². The molecule has 1 N–H and O–H groups in total. The fourth-order valence-electron chi connectivity index (χ4n) is 4.66. The smallest absolute Gasteiger partial charge is 0.338 e. The van der Waals surface area contributed by atoms with Crippen LogP contribution in [0.15, 0.2) is 147 Å². The second kappa shape index (κ2) is 20.0. The minimum Gasteiger partial charge on any atom is -0.458 e. The van der Waals surface area contributed by atoms with Gasteiger partial charge in [0.05, 0.1) is 16.7 Å². The Hall–Kier alpha value is -4.36. The van der Waals surface area contributed by atoms with Crippen LogP contribution in [0.1, 0.15) is 50.8 Å². The predicted molar refractivity (Wildman–Crippen MR) is 207 cm³/mol. The van der Waals surface area contributed by atoms with Gasteiger partial charge in [-0.25, -0.2) is 19.2 Å². The van der Waals surface area contributed by atoms with Crippen molar-refractivity contribution in [1.29, 1.82) is 0 Å². The third kappa shape index (κ3) is 13.3. The molecule has 0 bridgehead atoms. The van der Waals surface area contributed by atoms with Crippen molar-refractivity contribution in [2.24, 2.45) is 0 Å². The molecule has 4 unspecified atom stereocenters. The molecule has 1 aliphatic heterocycles. The summed E-state index contributed by atoms with van der Waals surface area (Å²) in [6.07, 6.45) is 13.3. The van der Waals surface area contributed by atoms with Gasteiger partial charge in [0, 0.05) is 32.3 Å². The van der Waals surface area contributed by atoms with Gasteiger partial charge in [-0.3, -0.25) is 0 Å². The quantitative estimate of drug-likeness (QED) is 0.0690. The molecule has 4 rings (SSSR count). The number of cyclic esters (lactones) is 1. The summed E-state index contributed by atoms with van der Waals surface area (Å²) in [5.74, 6) is -2.29. The topological polar surface area (TPSA) is 125 Å². The third-order valence-corrected chi connectivity index (χ3v) is 9.08. The van der Waals surface area contributed by atoms with E-state index in [1.54, 1.807) is 115 Å². The summed E-state index contributed by atoms with van der Waals surface area (Å²) in [7, 11) is 0. The van der Waals surface area contributed by atoms with Crippen molar-refractivity contribution in [2.75, 3.05) is 6.61 Å². The zero-order valence-electron chi connectivity index (χ0n) is 27.9. The normalized spacial score (nSPS) is 16.9. The van der Waals surface area contributed by atoms with Gasteiger partial charge < -0.3 is 24.1 Å². The average molecular weight is 899 g/mol. The van der Waals surface area contributed by atoms with E-state index in [0.29, 0.717) is 17.5 Å². The van der Waals surface area contributed by atoms with Crippen molar-refractivity contribution in [2.45, 2.75) is 43.7 Å². The molecule has 52 heavy (non-hydrogen) atoms. The van der Waals surface area contributed by atoms with Crippen LogP contribution in [-0.4, -0.2) is 59.5 Å². The lowest BCUT2D eigenvalue weighted by Gasteiger charge is -2.32. The summed E-state index contributed by atoms with van der Waals surface area (Å²) in [6.45, 7) is 1.51. The number of halogens is 3. The van der Waals surface area contributed by atoms with Gasteiger partial charge in [-0.05, 0) is 97.9 Å². The molecule has 0 saturated carbocycles. The van der Waals surface area contributed by atoms with Crippen molar-refractivity contribution in [3.8, 4) is 0 Å². The summed E-state index contributed by atoms with van der Waals surface area (Å²) in [4.78, 5) is 50.5. The molecule has 9 nitrogen and oxygen atoms in total. The highest BCUT2D eigenvalue weighted by Gasteiger charge is 2.36. The van der Waals surface area contributed by atoms with Gasteiger partial charge in [-0.2, -0.15) is 0 Å². The highest BCUT2D eigenvalue weighted by Crippen LogP contribution is 2.26. The van der Waals surface area contributed by atoms with E-state index in [1.165, 1.54) is 25.2 Å². The monoisotopic (exact) mass is 896 g/mol. The maximum Gasteiger partial charge on any atom is 0.338 e. The third-order valence-electron chi connectivity index (χ3n) is 7.49. The molecule has 0 aliphatic carbocycles. The first kappa shape index (κ1) is 40.4. The number of hydrogen-bond acceptors (Lipinski definition) is 9. The second-order valence-electron chi connectivity index (χ2n) is 11.6. The molecule has 0 spiro atoms. The van der Waals surface area contributed by atoms with E-state index < -0.39 is 47.8 Å². The highest BCUT2D eigenvalue weighted by molar-refractivity contribution is 9.11. The predicted octanol–water partition coefficient (Wildman–Crippen LogP) is 8.82. The Balaban J connectivity index is 1.52. The van der Waals surface area contributed by atoms with Gasteiger partial charge in [0.25, 0.3) is 0 Å². The first-order chi connectivity index (χ1) is 24.9. The van der Waals surface area contributed by atoms with Crippen molar-refractivity contribution in [3.63, 3.8) is 0 Å². The van der Waals surface area contributed by atoms with E-state index in [9.17, 15) is 24.3 Å². The van der Waals surface area contributed by atoms with Crippen LogP contribution in [0.4, 0.5) is 0 Å². The zero-order valence-corrected chi connectivity index (χ0v) is 32.7. The van der Waals surface area contributed by atoms with Gasteiger partial charge in [-0.1, -0.05) is 84.2 Å². The molecule has 0 amide bonds. The number of ether oxygens (including phenoxy) is 4. The van der Waals surface area contributed by atoms with Gasteiger partial charge in [0.1, 0.15) is 30.5 Å². The Kier molecular flexibility index (Phi) is 15.6. The summed E-state index contributed by atoms with van der Waals surface area (Å²) in [6, 6.07) is 20.0. The molecule has 4 atom stereocenters. The Bertz CT molecular complexity index is 1840. The van der Waals surface area contributed by atoms with Crippen LogP contribution >= 0.6 is 47.8 Å². The second-order valence-corrected chi connectivity index (χ2v) is 14.3. The van der Waals surface area contributed by atoms with Crippen LogP contribution in [0, 0.1) is 0 Å². The number of carbonyl (C=O) groups is 4. The van der Waals surface area contributed by atoms with Crippen molar-refractivity contribution < 1.29 is 43.2 Å². The van der Waals surface area contributed by atoms with Crippen molar-refractivity contribution in [3.05, 3.63) is 164 Å². The lowest BCUT2D eigenvalue weighted by Crippen LogP contribution is -2.43. The molecular formula is C40H35Br3O9. The van der Waals surface area contributed by atoms with Crippen LogP contribution in [0.2, 0.25) is 0 Å². The molecule has 3 aromatic carbocycles. The Labute approximate surface area is 327 Å². The fourth-order valence-corrected chi connectivity index (χ4v) is 5.46. The maximum atomic E-state index is 13.3. The van der Waals surface area contributed by atoms with E-state index >= 15 is 0 Å². The number of allylic oxidation sites excluding steroid dienone is 4. The molecular weight excluding hydrogens is 864 g/mol. The fraction of sp³-hybridized carbons (Fsp3) is 0.200. The molecule has 1 heterocycles. The van der Waals surface area contributed by atoms with Crippen molar-refractivity contribution >= 4 is 71.7 Å².